The van der Waals surface area contributed by atoms with Crippen molar-refractivity contribution < 1.29 is 9.18 Å². The average Bonchev–Trinajstić information content (AvgIpc) is 2.93. The number of aromatic nitrogens is 3. The molecular formula is C20H26FN5O. The van der Waals surface area contributed by atoms with Crippen molar-refractivity contribution in [2.45, 2.75) is 38.1 Å². The molecule has 144 valence electrons. The van der Waals surface area contributed by atoms with E-state index < -0.39 is 0 Å². The summed E-state index contributed by atoms with van der Waals surface area (Å²) in [4.78, 5) is 16.9. The molecule has 1 saturated heterocycles. The largest absolute Gasteiger partial charge is 0.340 e. The second kappa shape index (κ2) is 7.76. The summed E-state index contributed by atoms with van der Waals surface area (Å²) in [5.41, 5.74) is 0.717. The topological polar surface area (TPSA) is 54.3 Å². The molecule has 0 unspecified atom stereocenters. The molecule has 1 amide bonds. The van der Waals surface area contributed by atoms with E-state index in [2.05, 4.69) is 26.7 Å². The second-order valence-corrected chi connectivity index (χ2v) is 7.66. The maximum absolute atomic E-state index is 13.4. The van der Waals surface area contributed by atoms with Crippen molar-refractivity contribution in [3.63, 3.8) is 0 Å². The number of piperidine rings is 1. The van der Waals surface area contributed by atoms with Crippen LogP contribution in [-0.4, -0.2) is 63.7 Å². The molecule has 1 atom stereocenters. The summed E-state index contributed by atoms with van der Waals surface area (Å²) in [6, 6.07) is 6.28. The minimum atomic E-state index is -0.301. The van der Waals surface area contributed by atoms with Crippen LogP contribution in [0.5, 0.6) is 0 Å². The van der Waals surface area contributed by atoms with Crippen LogP contribution in [0.25, 0.3) is 0 Å². The Morgan fingerprint density at radius 2 is 2.11 bits per heavy atom. The maximum Gasteiger partial charge on any atom is 0.227 e. The Morgan fingerprint density at radius 3 is 2.93 bits per heavy atom. The molecule has 2 aliphatic rings. The van der Waals surface area contributed by atoms with Crippen LogP contribution < -0.4 is 0 Å². The third-order valence-corrected chi connectivity index (χ3v) is 5.64. The number of carbonyl (C=O) groups is 1. The van der Waals surface area contributed by atoms with Gasteiger partial charge in [0.2, 0.25) is 5.91 Å². The summed E-state index contributed by atoms with van der Waals surface area (Å²) in [6.45, 7) is 4.17. The maximum atomic E-state index is 13.4. The molecule has 2 aliphatic heterocycles. The average molecular weight is 371 g/mol. The van der Waals surface area contributed by atoms with E-state index in [0.29, 0.717) is 25.4 Å². The smallest absolute Gasteiger partial charge is 0.227 e. The molecule has 3 heterocycles. The molecule has 0 aliphatic carbocycles. The number of hydrogen-bond acceptors (Lipinski definition) is 4. The number of hydrogen-bond donors (Lipinski definition) is 0. The van der Waals surface area contributed by atoms with Gasteiger partial charge >= 0.3 is 0 Å². The number of amides is 1. The van der Waals surface area contributed by atoms with Crippen LogP contribution in [0.3, 0.4) is 0 Å². The zero-order valence-electron chi connectivity index (χ0n) is 15.8. The second-order valence-electron chi connectivity index (χ2n) is 7.66. The lowest BCUT2D eigenvalue weighted by molar-refractivity contribution is -0.130. The molecule has 7 heteroatoms. The van der Waals surface area contributed by atoms with E-state index >= 15 is 0 Å². The summed E-state index contributed by atoms with van der Waals surface area (Å²) in [5.74, 6) is 2.19. The van der Waals surface area contributed by atoms with Crippen molar-refractivity contribution in [1.29, 1.82) is 0 Å². The molecule has 0 spiro atoms. The van der Waals surface area contributed by atoms with Crippen LogP contribution in [0.4, 0.5) is 4.39 Å². The lowest BCUT2D eigenvalue weighted by Gasteiger charge is -2.29. The quantitative estimate of drug-likeness (QED) is 0.826. The van der Waals surface area contributed by atoms with Gasteiger partial charge in [0.15, 0.2) is 0 Å². The van der Waals surface area contributed by atoms with Crippen LogP contribution >= 0.6 is 0 Å². The third-order valence-electron chi connectivity index (χ3n) is 5.64. The molecule has 1 aromatic heterocycles. The van der Waals surface area contributed by atoms with Crippen LogP contribution in [0.15, 0.2) is 24.3 Å². The molecular weight excluding hydrogens is 345 g/mol. The molecule has 4 rings (SSSR count). The van der Waals surface area contributed by atoms with E-state index in [9.17, 15) is 9.18 Å². The van der Waals surface area contributed by atoms with Gasteiger partial charge in [0, 0.05) is 38.5 Å². The molecule has 0 N–H and O–H groups in total. The lowest BCUT2D eigenvalue weighted by atomic mass is 9.97. The van der Waals surface area contributed by atoms with Crippen molar-refractivity contribution in [3.05, 3.63) is 47.3 Å². The molecule has 6 nitrogen and oxygen atoms in total. The third kappa shape index (κ3) is 4.03. The SMILES string of the molecule is CN1CCC[C@@H](c2nnc3n2CCN(C(=O)Cc2cccc(F)c2)CC3)C1. The number of fused-ring (bicyclic) bond motifs is 1. The number of halogens is 1. The van der Waals surface area contributed by atoms with Crippen LogP contribution in [0.1, 0.15) is 36.0 Å². The number of carbonyl (C=O) groups excluding carboxylic acids is 1. The first-order valence-electron chi connectivity index (χ1n) is 9.73. The van der Waals surface area contributed by atoms with Crippen LogP contribution in [-0.2, 0) is 24.2 Å². The number of benzene rings is 1. The highest BCUT2D eigenvalue weighted by atomic mass is 19.1. The number of likely N-dealkylation sites (tertiary alicyclic amines) is 1. The highest BCUT2D eigenvalue weighted by Crippen LogP contribution is 2.26. The molecule has 0 bridgehead atoms. The van der Waals surface area contributed by atoms with E-state index in [0.717, 1.165) is 43.3 Å². The van der Waals surface area contributed by atoms with E-state index in [4.69, 9.17) is 0 Å². The Hall–Kier alpha value is -2.28. The van der Waals surface area contributed by atoms with Gasteiger partial charge in [-0.3, -0.25) is 4.79 Å². The molecule has 0 saturated carbocycles. The fraction of sp³-hybridized carbons (Fsp3) is 0.550. The first kappa shape index (κ1) is 18.1. The van der Waals surface area contributed by atoms with Crippen molar-refractivity contribution in [1.82, 2.24) is 24.6 Å². The highest BCUT2D eigenvalue weighted by molar-refractivity contribution is 5.78. The predicted molar refractivity (Wildman–Crippen MR) is 99.9 cm³/mol. The van der Waals surface area contributed by atoms with Crippen molar-refractivity contribution >= 4 is 5.91 Å². The molecule has 1 aromatic carbocycles. The first-order valence-corrected chi connectivity index (χ1v) is 9.73. The van der Waals surface area contributed by atoms with E-state index in [-0.39, 0.29) is 18.1 Å². The van der Waals surface area contributed by atoms with E-state index in [1.165, 1.54) is 18.6 Å². The fourth-order valence-corrected chi connectivity index (χ4v) is 4.21. The van der Waals surface area contributed by atoms with Gasteiger partial charge in [-0.15, -0.1) is 10.2 Å². The van der Waals surface area contributed by atoms with Crippen LogP contribution in [0.2, 0.25) is 0 Å². The minimum absolute atomic E-state index is 0.0401. The van der Waals surface area contributed by atoms with Gasteiger partial charge in [-0.2, -0.15) is 0 Å². The Balaban J connectivity index is 1.43. The normalized spacial score (nSPS) is 21.0. The Morgan fingerprint density at radius 1 is 1.22 bits per heavy atom. The predicted octanol–water partition coefficient (Wildman–Crippen LogP) is 1.85. The summed E-state index contributed by atoms with van der Waals surface area (Å²) < 4.78 is 15.6. The summed E-state index contributed by atoms with van der Waals surface area (Å²) in [7, 11) is 2.15. The fourth-order valence-electron chi connectivity index (χ4n) is 4.21. The van der Waals surface area contributed by atoms with Crippen molar-refractivity contribution in [3.8, 4) is 0 Å². The van der Waals surface area contributed by atoms with Gasteiger partial charge in [0.25, 0.3) is 0 Å². The Bertz CT molecular complexity index is 820. The number of likely N-dealkylation sites (N-methyl/N-ethyl adjacent to an activating group) is 1. The molecule has 2 aromatic rings. The number of nitrogens with zero attached hydrogens (tertiary/aromatic N) is 5. The molecule has 27 heavy (non-hydrogen) atoms. The van der Waals surface area contributed by atoms with Gasteiger partial charge < -0.3 is 14.4 Å². The Kier molecular flexibility index (Phi) is 5.20. The van der Waals surface area contributed by atoms with Crippen molar-refractivity contribution in [2.75, 3.05) is 33.2 Å². The van der Waals surface area contributed by atoms with Gasteiger partial charge in [0.1, 0.15) is 17.5 Å². The standard InChI is InChI=1S/C20H26FN5O/c1-24-8-3-5-16(14-24)20-23-22-18-7-9-25(10-11-26(18)20)19(27)13-15-4-2-6-17(21)12-15/h2,4,6,12,16H,3,5,7-11,13-14H2,1H3/t16-/m1/s1. The lowest BCUT2D eigenvalue weighted by Crippen LogP contribution is -2.35. The zero-order chi connectivity index (χ0) is 18.8. The first-order chi connectivity index (χ1) is 13.1. The van der Waals surface area contributed by atoms with Gasteiger partial charge in [-0.25, -0.2) is 4.39 Å². The van der Waals surface area contributed by atoms with Crippen LogP contribution in [0, 0.1) is 5.82 Å². The molecule has 1 fully saturated rings. The number of rotatable bonds is 3. The van der Waals surface area contributed by atoms with Gasteiger partial charge in [-0.05, 0) is 44.1 Å². The van der Waals surface area contributed by atoms with Crippen molar-refractivity contribution in [2.24, 2.45) is 0 Å². The summed E-state index contributed by atoms with van der Waals surface area (Å²) in [5, 5.41) is 8.90. The molecule has 0 radical (unpaired) electrons. The monoisotopic (exact) mass is 371 g/mol. The van der Waals surface area contributed by atoms with Gasteiger partial charge in [0.05, 0.1) is 6.42 Å². The van der Waals surface area contributed by atoms with E-state index in [1.54, 1.807) is 12.1 Å². The summed E-state index contributed by atoms with van der Waals surface area (Å²) >= 11 is 0. The zero-order valence-corrected chi connectivity index (χ0v) is 15.8. The Labute approximate surface area is 159 Å². The highest BCUT2D eigenvalue weighted by Gasteiger charge is 2.27. The summed E-state index contributed by atoms with van der Waals surface area (Å²) in [6.07, 6.45) is 3.27. The minimum Gasteiger partial charge on any atom is -0.340 e. The van der Waals surface area contributed by atoms with Gasteiger partial charge in [-0.1, -0.05) is 12.1 Å². The van der Waals surface area contributed by atoms with E-state index in [1.807, 2.05) is 4.90 Å².